The summed E-state index contributed by atoms with van der Waals surface area (Å²) < 4.78 is 7.00. The topological polar surface area (TPSA) is 86.2 Å². The van der Waals surface area contributed by atoms with E-state index in [1.165, 1.54) is 16.4 Å². The molecule has 7 heteroatoms. The minimum absolute atomic E-state index is 0.121. The van der Waals surface area contributed by atoms with Gasteiger partial charge in [0.25, 0.3) is 0 Å². The Balaban J connectivity index is 1.61. The summed E-state index contributed by atoms with van der Waals surface area (Å²) in [5, 5.41) is 18.6. The van der Waals surface area contributed by atoms with Gasteiger partial charge in [0.15, 0.2) is 5.82 Å². The predicted molar refractivity (Wildman–Crippen MR) is 89.9 cm³/mol. The van der Waals surface area contributed by atoms with Crippen LogP contribution in [0.4, 0.5) is 0 Å². The van der Waals surface area contributed by atoms with Crippen molar-refractivity contribution in [2.24, 2.45) is 0 Å². The Hall–Kier alpha value is -2.67. The molecule has 0 atom stereocenters. The van der Waals surface area contributed by atoms with Gasteiger partial charge in [0.1, 0.15) is 11.5 Å². The molecule has 23 heavy (non-hydrogen) atoms. The standard InChI is InChI=1S/C16H16N4O2S/c17-20-15(13-8-4-5-9-14(13)21)18-19-16(20)23-11-10-22-12-6-2-1-3-7-12/h1-9,21H,10-11,17H2. The van der Waals surface area contributed by atoms with Crippen LogP contribution in [0.2, 0.25) is 0 Å². The quantitative estimate of drug-likeness (QED) is 0.411. The lowest BCUT2D eigenvalue weighted by molar-refractivity contribution is 0.344. The molecule has 1 aromatic heterocycles. The van der Waals surface area contributed by atoms with Crippen LogP contribution in [0.15, 0.2) is 59.8 Å². The molecule has 0 saturated heterocycles. The first-order valence-corrected chi connectivity index (χ1v) is 8.04. The number of nitrogen functional groups attached to an aromatic ring is 1. The van der Waals surface area contributed by atoms with Gasteiger partial charge in [0, 0.05) is 5.75 Å². The van der Waals surface area contributed by atoms with Crippen molar-refractivity contribution in [1.82, 2.24) is 14.9 Å². The highest BCUT2D eigenvalue weighted by atomic mass is 32.2. The maximum Gasteiger partial charge on any atom is 0.210 e. The van der Waals surface area contributed by atoms with Crippen LogP contribution < -0.4 is 10.6 Å². The molecule has 6 nitrogen and oxygen atoms in total. The van der Waals surface area contributed by atoms with Crippen molar-refractivity contribution >= 4 is 11.8 Å². The lowest BCUT2D eigenvalue weighted by atomic mass is 10.2. The molecule has 0 aliphatic rings. The van der Waals surface area contributed by atoms with Gasteiger partial charge in [-0.05, 0) is 24.3 Å². The Kier molecular flexibility index (Phi) is 4.68. The maximum absolute atomic E-state index is 9.87. The SMILES string of the molecule is Nn1c(SCCOc2ccccc2)nnc1-c1ccccc1O. The van der Waals surface area contributed by atoms with Crippen LogP contribution in [0.3, 0.4) is 0 Å². The van der Waals surface area contributed by atoms with Crippen molar-refractivity contribution in [3.8, 4) is 22.9 Å². The Labute approximate surface area is 137 Å². The predicted octanol–water partition coefficient (Wildman–Crippen LogP) is 2.54. The first-order chi connectivity index (χ1) is 11.3. The molecule has 3 aromatic rings. The van der Waals surface area contributed by atoms with Gasteiger partial charge in [-0.15, -0.1) is 10.2 Å². The van der Waals surface area contributed by atoms with Crippen LogP contribution in [-0.4, -0.2) is 32.3 Å². The largest absolute Gasteiger partial charge is 0.507 e. The highest BCUT2D eigenvalue weighted by Crippen LogP contribution is 2.28. The van der Waals surface area contributed by atoms with E-state index in [4.69, 9.17) is 10.6 Å². The maximum atomic E-state index is 9.87. The van der Waals surface area contributed by atoms with Crippen LogP contribution >= 0.6 is 11.8 Å². The number of nitrogens with two attached hydrogens (primary N) is 1. The van der Waals surface area contributed by atoms with Gasteiger partial charge in [-0.25, -0.2) is 4.68 Å². The Morgan fingerprint density at radius 3 is 2.57 bits per heavy atom. The normalized spacial score (nSPS) is 10.6. The van der Waals surface area contributed by atoms with Crippen molar-refractivity contribution < 1.29 is 9.84 Å². The van der Waals surface area contributed by atoms with Gasteiger partial charge in [0.2, 0.25) is 5.16 Å². The fraction of sp³-hybridized carbons (Fsp3) is 0.125. The van der Waals surface area contributed by atoms with E-state index in [0.29, 0.717) is 28.9 Å². The van der Waals surface area contributed by atoms with Crippen molar-refractivity contribution in [1.29, 1.82) is 0 Å². The van der Waals surface area contributed by atoms with E-state index in [9.17, 15) is 5.11 Å². The number of thioether (sulfide) groups is 1. The molecule has 0 fully saturated rings. The van der Waals surface area contributed by atoms with Crippen molar-refractivity contribution in [2.45, 2.75) is 5.16 Å². The molecular formula is C16H16N4O2S. The summed E-state index contributed by atoms with van der Waals surface area (Å²) >= 11 is 1.45. The number of hydrogen-bond acceptors (Lipinski definition) is 6. The molecule has 0 aliphatic carbocycles. The van der Waals surface area contributed by atoms with Crippen LogP contribution in [0.25, 0.3) is 11.4 Å². The van der Waals surface area contributed by atoms with Crippen molar-refractivity contribution in [3.63, 3.8) is 0 Å². The molecule has 118 valence electrons. The zero-order valence-corrected chi connectivity index (χ0v) is 13.1. The molecule has 0 bridgehead atoms. The number of hydrogen-bond donors (Lipinski definition) is 2. The summed E-state index contributed by atoms with van der Waals surface area (Å²) in [6, 6.07) is 16.5. The van der Waals surface area contributed by atoms with Crippen LogP contribution in [0, 0.1) is 0 Å². The molecule has 1 heterocycles. The van der Waals surface area contributed by atoms with E-state index in [1.807, 2.05) is 36.4 Å². The van der Waals surface area contributed by atoms with Crippen LogP contribution in [0.5, 0.6) is 11.5 Å². The Morgan fingerprint density at radius 2 is 1.78 bits per heavy atom. The molecule has 0 aliphatic heterocycles. The molecule has 2 aromatic carbocycles. The number of para-hydroxylation sites is 2. The molecule has 0 saturated carbocycles. The average Bonchev–Trinajstić information content (AvgIpc) is 2.94. The summed E-state index contributed by atoms with van der Waals surface area (Å²) in [5.41, 5.74) is 0.551. The minimum Gasteiger partial charge on any atom is -0.507 e. The number of phenols is 1. The van der Waals surface area contributed by atoms with Gasteiger partial charge in [-0.3, -0.25) is 0 Å². The fourth-order valence-electron chi connectivity index (χ4n) is 2.03. The third kappa shape index (κ3) is 3.57. The first-order valence-electron chi connectivity index (χ1n) is 7.05. The second-order valence-electron chi connectivity index (χ2n) is 4.70. The molecule has 0 amide bonds. The zero-order chi connectivity index (χ0) is 16.1. The summed E-state index contributed by atoms with van der Waals surface area (Å²) in [5.74, 6) is 8.08. The first kappa shape index (κ1) is 15.2. The van der Waals surface area contributed by atoms with Crippen molar-refractivity contribution in [3.05, 3.63) is 54.6 Å². The summed E-state index contributed by atoms with van der Waals surface area (Å²) in [4.78, 5) is 0. The van der Waals surface area contributed by atoms with Crippen molar-refractivity contribution in [2.75, 3.05) is 18.2 Å². The van der Waals surface area contributed by atoms with Gasteiger partial charge in [0.05, 0.1) is 12.2 Å². The Bertz CT molecular complexity index is 777. The number of rotatable bonds is 6. The van der Waals surface area contributed by atoms with E-state index in [-0.39, 0.29) is 5.75 Å². The summed E-state index contributed by atoms with van der Waals surface area (Å²) in [7, 11) is 0. The Morgan fingerprint density at radius 1 is 1.04 bits per heavy atom. The number of aromatic nitrogens is 3. The van der Waals surface area contributed by atoms with Gasteiger partial charge in [-0.2, -0.15) is 0 Å². The smallest absolute Gasteiger partial charge is 0.210 e. The molecule has 0 radical (unpaired) electrons. The summed E-state index contributed by atoms with van der Waals surface area (Å²) in [6.45, 7) is 0.535. The highest BCUT2D eigenvalue weighted by molar-refractivity contribution is 7.99. The molecule has 3 rings (SSSR count). The molecule has 0 unspecified atom stereocenters. The van der Waals surface area contributed by atoms with Gasteiger partial charge in [-0.1, -0.05) is 42.1 Å². The fourth-order valence-corrected chi connectivity index (χ4v) is 2.70. The lowest BCUT2D eigenvalue weighted by Crippen LogP contribution is -2.12. The van der Waals surface area contributed by atoms with E-state index >= 15 is 0 Å². The van der Waals surface area contributed by atoms with Gasteiger partial charge < -0.3 is 15.7 Å². The highest BCUT2D eigenvalue weighted by Gasteiger charge is 2.14. The number of nitrogens with zero attached hydrogens (tertiary/aromatic N) is 3. The van der Waals surface area contributed by atoms with E-state index in [0.717, 1.165) is 5.75 Å². The third-order valence-electron chi connectivity index (χ3n) is 3.14. The van der Waals surface area contributed by atoms with Crippen LogP contribution in [0.1, 0.15) is 0 Å². The van der Waals surface area contributed by atoms with E-state index < -0.39 is 0 Å². The van der Waals surface area contributed by atoms with Gasteiger partial charge >= 0.3 is 0 Å². The lowest BCUT2D eigenvalue weighted by Gasteiger charge is -2.06. The molecular weight excluding hydrogens is 312 g/mol. The number of aromatic hydroxyl groups is 1. The minimum atomic E-state index is 0.121. The molecule has 3 N–H and O–H groups in total. The van der Waals surface area contributed by atoms with E-state index in [2.05, 4.69) is 10.2 Å². The average molecular weight is 328 g/mol. The number of benzene rings is 2. The van der Waals surface area contributed by atoms with E-state index in [1.54, 1.807) is 18.2 Å². The second-order valence-corrected chi connectivity index (χ2v) is 5.77. The van der Waals surface area contributed by atoms with Crippen LogP contribution in [-0.2, 0) is 0 Å². The molecule has 0 spiro atoms. The second kappa shape index (κ2) is 7.06. The number of phenolic OH excluding ortho intramolecular Hbond substituents is 1. The zero-order valence-electron chi connectivity index (χ0n) is 12.3. The number of ether oxygens (including phenoxy) is 1. The monoisotopic (exact) mass is 328 g/mol. The third-order valence-corrected chi connectivity index (χ3v) is 4.04. The summed E-state index contributed by atoms with van der Waals surface area (Å²) in [6.07, 6.45) is 0.